The Morgan fingerprint density at radius 2 is 2.00 bits per heavy atom. The minimum Gasteiger partial charge on any atom is -0.481 e. The first-order valence-corrected chi connectivity index (χ1v) is 5.64. The molecule has 0 saturated heterocycles. The van der Waals surface area contributed by atoms with Crippen LogP contribution in [0, 0.1) is 0 Å². The van der Waals surface area contributed by atoms with Crippen molar-refractivity contribution in [2.75, 3.05) is 7.11 Å². The molecule has 102 valence electrons. The third kappa shape index (κ3) is 4.71. The van der Waals surface area contributed by atoms with E-state index in [-0.39, 0.29) is 6.42 Å². The molecule has 0 radical (unpaired) electrons. The number of aromatic nitrogens is 1. The molecule has 1 amide bonds. The van der Waals surface area contributed by atoms with Crippen molar-refractivity contribution in [3.63, 3.8) is 0 Å². The van der Waals surface area contributed by atoms with Crippen molar-refractivity contribution in [3.05, 3.63) is 36.0 Å². The third-order valence-electron chi connectivity index (χ3n) is 2.48. The summed E-state index contributed by atoms with van der Waals surface area (Å²) in [6, 6.07) is 7.91. The zero-order valence-corrected chi connectivity index (χ0v) is 10.6. The summed E-state index contributed by atoms with van der Waals surface area (Å²) < 4.78 is 3.89. The molecule has 0 unspecified atom stereocenters. The second-order valence-electron chi connectivity index (χ2n) is 3.78. The molecule has 0 bridgehead atoms. The number of ether oxygens (including phenoxy) is 1. The van der Waals surface area contributed by atoms with Crippen molar-refractivity contribution in [2.45, 2.75) is 12.8 Å². The van der Waals surface area contributed by atoms with Gasteiger partial charge in [0.05, 0.1) is 7.11 Å². The van der Waals surface area contributed by atoms with Crippen molar-refractivity contribution in [1.82, 2.24) is 4.98 Å². The summed E-state index contributed by atoms with van der Waals surface area (Å²) in [5, 5.41) is 9.69. The van der Waals surface area contributed by atoms with Crippen LogP contribution in [0.3, 0.4) is 0 Å². The van der Waals surface area contributed by atoms with Crippen molar-refractivity contribution in [1.29, 1.82) is 0 Å². The minimum atomic E-state index is -0.754. The van der Waals surface area contributed by atoms with E-state index in [1.165, 1.54) is 7.11 Å². The van der Waals surface area contributed by atoms with Crippen LogP contribution < -0.4 is 5.73 Å². The molecular formula is C13H16N2O4. The maximum atomic E-state index is 10.4. The van der Waals surface area contributed by atoms with Gasteiger partial charge in [0.15, 0.2) is 0 Å². The average molecular weight is 264 g/mol. The Kier molecular flexibility index (Phi) is 5.40. The molecule has 0 aliphatic heterocycles. The number of amides is 1. The zero-order chi connectivity index (χ0) is 14.3. The lowest BCUT2D eigenvalue weighted by molar-refractivity contribution is -0.136. The van der Waals surface area contributed by atoms with E-state index >= 15 is 0 Å². The van der Waals surface area contributed by atoms with Gasteiger partial charge >= 0.3 is 12.1 Å². The third-order valence-corrected chi connectivity index (χ3v) is 2.48. The van der Waals surface area contributed by atoms with Gasteiger partial charge in [0.1, 0.15) is 0 Å². The number of benzene rings is 1. The highest BCUT2D eigenvalue weighted by Crippen LogP contribution is 2.18. The lowest BCUT2D eigenvalue weighted by atomic mass is 10.1. The summed E-state index contributed by atoms with van der Waals surface area (Å²) in [4.78, 5) is 22.9. The fourth-order valence-corrected chi connectivity index (χ4v) is 1.58. The number of methoxy groups -OCH3 is 1. The Balaban J connectivity index is 0.000000312. The summed E-state index contributed by atoms with van der Waals surface area (Å²) >= 11 is 0. The summed E-state index contributed by atoms with van der Waals surface area (Å²) in [5.41, 5.74) is 6.57. The van der Waals surface area contributed by atoms with E-state index in [1.54, 1.807) is 0 Å². The van der Waals surface area contributed by atoms with Gasteiger partial charge in [-0.2, -0.15) is 0 Å². The number of carboxylic acids is 1. The molecule has 19 heavy (non-hydrogen) atoms. The van der Waals surface area contributed by atoms with E-state index in [0.717, 1.165) is 16.5 Å². The zero-order valence-electron chi connectivity index (χ0n) is 10.6. The SMILES string of the molecule is COC(N)=O.O=C(O)CCc1c[nH]c2ccccc12. The van der Waals surface area contributed by atoms with Crippen molar-refractivity contribution < 1.29 is 19.4 Å². The van der Waals surface area contributed by atoms with Crippen LogP contribution in [0.4, 0.5) is 4.79 Å². The molecule has 1 aromatic carbocycles. The van der Waals surface area contributed by atoms with Gasteiger partial charge in [-0.3, -0.25) is 4.79 Å². The van der Waals surface area contributed by atoms with Gasteiger partial charge in [-0.25, -0.2) is 4.79 Å². The number of carbonyl (C=O) groups excluding carboxylic acids is 1. The first kappa shape index (κ1) is 14.6. The minimum absolute atomic E-state index is 0.182. The number of hydrogen-bond donors (Lipinski definition) is 3. The molecule has 1 aromatic heterocycles. The van der Waals surface area contributed by atoms with Gasteiger partial charge in [-0.1, -0.05) is 18.2 Å². The monoisotopic (exact) mass is 264 g/mol. The van der Waals surface area contributed by atoms with Crippen LogP contribution in [0.25, 0.3) is 10.9 Å². The largest absolute Gasteiger partial charge is 0.481 e. The molecule has 6 heteroatoms. The summed E-state index contributed by atoms with van der Waals surface area (Å²) in [6.45, 7) is 0. The van der Waals surface area contributed by atoms with Crippen molar-refractivity contribution >= 4 is 23.0 Å². The number of aliphatic carboxylic acids is 1. The number of aryl methyl sites for hydroxylation is 1. The number of carboxylic acid groups (broad SMARTS) is 1. The van der Waals surface area contributed by atoms with Crippen LogP contribution in [-0.2, 0) is 16.0 Å². The van der Waals surface area contributed by atoms with Gasteiger partial charge in [0, 0.05) is 23.5 Å². The second-order valence-corrected chi connectivity index (χ2v) is 3.78. The van der Waals surface area contributed by atoms with E-state index in [2.05, 4.69) is 15.5 Å². The molecule has 0 spiro atoms. The Labute approximate surface area is 110 Å². The topological polar surface area (TPSA) is 105 Å². The fourth-order valence-electron chi connectivity index (χ4n) is 1.58. The number of para-hydroxylation sites is 1. The molecule has 0 aliphatic rings. The van der Waals surface area contributed by atoms with E-state index in [4.69, 9.17) is 5.11 Å². The number of hydrogen-bond acceptors (Lipinski definition) is 3. The first-order valence-electron chi connectivity index (χ1n) is 5.64. The van der Waals surface area contributed by atoms with Crippen LogP contribution in [-0.4, -0.2) is 29.3 Å². The highest BCUT2D eigenvalue weighted by molar-refractivity contribution is 5.83. The van der Waals surface area contributed by atoms with E-state index in [9.17, 15) is 9.59 Å². The Morgan fingerprint density at radius 1 is 1.37 bits per heavy atom. The normalized spacial score (nSPS) is 9.53. The highest BCUT2D eigenvalue weighted by Gasteiger charge is 2.04. The first-order chi connectivity index (χ1) is 9.04. The number of nitrogens with one attached hydrogen (secondary N) is 1. The van der Waals surface area contributed by atoms with Gasteiger partial charge in [0.2, 0.25) is 0 Å². The van der Waals surface area contributed by atoms with Crippen LogP contribution >= 0.6 is 0 Å². The lowest BCUT2D eigenvalue weighted by Gasteiger charge is -1.95. The number of primary amides is 1. The average Bonchev–Trinajstić information content (AvgIpc) is 2.80. The molecule has 1 heterocycles. The van der Waals surface area contributed by atoms with Crippen LogP contribution in [0.5, 0.6) is 0 Å². The van der Waals surface area contributed by atoms with Gasteiger partial charge in [0.25, 0.3) is 0 Å². The van der Waals surface area contributed by atoms with E-state index in [0.29, 0.717) is 6.42 Å². The Hall–Kier alpha value is -2.50. The van der Waals surface area contributed by atoms with Crippen molar-refractivity contribution in [2.24, 2.45) is 5.73 Å². The quantitative estimate of drug-likeness (QED) is 0.787. The Bertz CT molecular complexity index is 563. The standard InChI is InChI=1S/C11H11NO2.C2H5NO2/c13-11(14)6-5-8-7-12-10-4-2-1-3-9(8)10;1-5-2(3)4/h1-4,7,12H,5-6H2,(H,13,14);1H3,(H2,3,4). The molecule has 2 rings (SSSR count). The fraction of sp³-hybridized carbons (Fsp3) is 0.231. The molecule has 0 atom stereocenters. The molecule has 0 fully saturated rings. The number of carbonyl (C=O) groups is 2. The molecule has 0 saturated carbocycles. The predicted molar refractivity (Wildman–Crippen MR) is 70.8 cm³/mol. The van der Waals surface area contributed by atoms with Crippen LogP contribution in [0.1, 0.15) is 12.0 Å². The molecule has 6 nitrogen and oxygen atoms in total. The number of H-pyrrole nitrogens is 1. The van der Waals surface area contributed by atoms with Crippen LogP contribution in [0.15, 0.2) is 30.5 Å². The second kappa shape index (κ2) is 7.05. The predicted octanol–water partition coefficient (Wildman–Crippen LogP) is 1.90. The smallest absolute Gasteiger partial charge is 0.404 e. The van der Waals surface area contributed by atoms with E-state index in [1.807, 2.05) is 30.5 Å². The highest BCUT2D eigenvalue weighted by atomic mass is 16.5. The number of aromatic amines is 1. The van der Waals surface area contributed by atoms with Gasteiger partial charge < -0.3 is 20.6 Å². The number of rotatable bonds is 3. The molecule has 0 aliphatic carbocycles. The number of nitrogens with two attached hydrogens (primary N) is 1. The maximum Gasteiger partial charge on any atom is 0.404 e. The lowest BCUT2D eigenvalue weighted by Crippen LogP contribution is -2.08. The molecule has 4 N–H and O–H groups in total. The van der Waals surface area contributed by atoms with Crippen LogP contribution in [0.2, 0.25) is 0 Å². The van der Waals surface area contributed by atoms with E-state index < -0.39 is 12.1 Å². The molecular weight excluding hydrogens is 248 g/mol. The summed E-state index contributed by atoms with van der Waals surface area (Å²) in [6.07, 6.45) is 1.90. The molecule has 2 aromatic rings. The number of fused-ring (bicyclic) bond motifs is 1. The Morgan fingerprint density at radius 3 is 2.58 bits per heavy atom. The van der Waals surface area contributed by atoms with Gasteiger partial charge in [-0.15, -0.1) is 0 Å². The summed E-state index contributed by atoms with van der Waals surface area (Å²) in [7, 11) is 1.22. The van der Waals surface area contributed by atoms with Crippen molar-refractivity contribution in [3.8, 4) is 0 Å². The maximum absolute atomic E-state index is 10.4. The summed E-state index contributed by atoms with van der Waals surface area (Å²) in [5.74, 6) is -0.754. The van der Waals surface area contributed by atoms with Gasteiger partial charge in [-0.05, 0) is 18.1 Å².